The number of benzene rings is 2. The molecule has 1 aromatic heterocycles. The number of amides is 1. The van der Waals surface area contributed by atoms with Crippen molar-refractivity contribution in [1.29, 1.82) is 0 Å². The van der Waals surface area contributed by atoms with Crippen LogP contribution in [-0.2, 0) is 17.9 Å². The van der Waals surface area contributed by atoms with Crippen LogP contribution in [0.5, 0.6) is 5.75 Å². The molecule has 0 aliphatic heterocycles. The molecule has 0 aliphatic rings. The zero-order chi connectivity index (χ0) is 28.6. The molecule has 3 rings (SSSR count). The fraction of sp³-hybridized carbons (Fsp3) is 0.529. The molecule has 40 heavy (non-hydrogen) atoms. The van der Waals surface area contributed by atoms with Crippen molar-refractivity contribution in [2.24, 2.45) is 0 Å². The normalized spacial score (nSPS) is 11.1. The van der Waals surface area contributed by atoms with E-state index in [0.717, 1.165) is 29.7 Å². The second kappa shape index (κ2) is 17.9. The second-order valence-corrected chi connectivity index (χ2v) is 12.0. The highest BCUT2D eigenvalue weighted by molar-refractivity contribution is 7.09. The Morgan fingerprint density at radius 3 is 2.17 bits per heavy atom. The second-order valence-electron chi connectivity index (χ2n) is 10.9. The van der Waals surface area contributed by atoms with Crippen LogP contribution < -0.4 is 14.2 Å². The first kappa shape index (κ1) is 31.8. The molecule has 0 unspecified atom stereocenters. The lowest BCUT2D eigenvalue weighted by Crippen LogP contribution is -2.34. The van der Waals surface area contributed by atoms with Crippen molar-refractivity contribution in [1.82, 2.24) is 0 Å². The average Bonchev–Trinajstić information content (AvgIpc) is 3.35. The number of carbonyl (C=O) groups excluding carboxylic acids is 1. The molecule has 0 N–H and O–H groups in total. The van der Waals surface area contributed by atoms with Gasteiger partial charge in [0, 0.05) is 12.5 Å². The molecule has 3 aromatic rings. The van der Waals surface area contributed by atoms with Crippen LogP contribution in [0.15, 0.2) is 54.2 Å². The Balaban J connectivity index is 1.43. The number of nitrogens with zero attached hydrogens (tertiary/aromatic N) is 2. The van der Waals surface area contributed by atoms with Gasteiger partial charge in [-0.15, -0.1) is 0 Å². The summed E-state index contributed by atoms with van der Waals surface area (Å²) >= 11 is 1.69. The molecule has 0 radical (unpaired) electrons. The zero-order valence-electron chi connectivity index (χ0n) is 24.8. The SMILES string of the molecule is CCCCCCCCCCCCCCOc1ccc(CN(C(C)=O)c2ccccc2C[n+]2csc(C)c2)cc1F. The highest BCUT2D eigenvalue weighted by Crippen LogP contribution is 2.25. The highest BCUT2D eigenvalue weighted by atomic mass is 32.1. The molecule has 6 heteroatoms. The lowest BCUT2D eigenvalue weighted by atomic mass is 10.1. The molecule has 1 amide bonds. The Bertz CT molecular complexity index is 1160. The van der Waals surface area contributed by atoms with Gasteiger partial charge in [0.25, 0.3) is 0 Å². The molecule has 0 aliphatic carbocycles. The van der Waals surface area contributed by atoms with Gasteiger partial charge in [-0.3, -0.25) is 4.79 Å². The topological polar surface area (TPSA) is 33.4 Å². The minimum absolute atomic E-state index is 0.0772. The molecule has 0 spiro atoms. The van der Waals surface area contributed by atoms with Crippen molar-refractivity contribution in [3.05, 3.63) is 76.0 Å². The Hall–Kier alpha value is -2.73. The van der Waals surface area contributed by atoms with Gasteiger partial charge in [0.1, 0.15) is 0 Å². The summed E-state index contributed by atoms with van der Waals surface area (Å²) in [5, 5.41) is 0. The summed E-state index contributed by atoms with van der Waals surface area (Å²) in [6, 6.07) is 13.0. The van der Waals surface area contributed by atoms with Crippen LogP contribution in [-0.4, -0.2) is 12.5 Å². The van der Waals surface area contributed by atoms with Crippen molar-refractivity contribution in [3.63, 3.8) is 0 Å². The van der Waals surface area contributed by atoms with E-state index in [1.54, 1.807) is 29.2 Å². The number of hydrogen-bond acceptors (Lipinski definition) is 3. The maximum Gasteiger partial charge on any atom is 0.225 e. The quantitative estimate of drug-likeness (QED) is 0.107. The molecule has 0 saturated heterocycles. The third-order valence-electron chi connectivity index (χ3n) is 7.33. The van der Waals surface area contributed by atoms with Crippen LogP contribution in [0.2, 0.25) is 0 Å². The molecule has 4 nitrogen and oxygen atoms in total. The Labute approximate surface area is 245 Å². The van der Waals surface area contributed by atoms with Gasteiger partial charge in [-0.05, 0) is 37.1 Å². The molecule has 218 valence electrons. The summed E-state index contributed by atoms with van der Waals surface area (Å²) in [5.74, 6) is -0.171. The predicted octanol–water partition coefficient (Wildman–Crippen LogP) is 9.16. The molecule has 0 saturated carbocycles. The summed E-state index contributed by atoms with van der Waals surface area (Å²) in [6.07, 6.45) is 17.5. The number of aryl methyl sites for hydroxylation is 1. The predicted molar refractivity (Wildman–Crippen MR) is 165 cm³/mol. The number of rotatable bonds is 19. The Morgan fingerprint density at radius 1 is 0.925 bits per heavy atom. The minimum Gasteiger partial charge on any atom is -0.491 e. The van der Waals surface area contributed by atoms with E-state index in [1.165, 1.54) is 75.2 Å². The van der Waals surface area contributed by atoms with E-state index in [0.29, 0.717) is 19.7 Å². The molecule has 0 atom stereocenters. The van der Waals surface area contributed by atoms with Gasteiger partial charge >= 0.3 is 0 Å². The molecular weight excluding hydrogens is 519 g/mol. The monoisotopic (exact) mass is 567 g/mol. The van der Waals surface area contributed by atoms with E-state index in [1.807, 2.05) is 30.3 Å². The first-order chi connectivity index (χ1) is 19.5. The van der Waals surface area contributed by atoms with Crippen molar-refractivity contribution in [2.75, 3.05) is 11.5 Å². The Kier molecular flexibility index (Phi) is 14.2. The fourth-order valence-electron chi connectivity index (χ4n) is 5.07. The van der Waals surface area contributed by atoms with Gasteiger partial charge in [-0.1, -0.05) is 113 Å². The number of unbranched alkanes of at least 4 members (excludes halogenated alkanes) is 11. The van der Waals surface area contributed by atoms with Crippen molar-refractivity contribution in [2.45, 2.75) is 111 Å². The molecular formula is C34H48FN2O2S+. The van der Waals surface area contributed by atoms with E-state index in [-0.39, 0.29) is 17.5 Å². The number of ether oxygens (including phenoxy) is 1. The van der Waals surface area contributed by atoms with Crippen molar-refractivity contribution < 1.29 is 18.5 Å². The number of halogens is 1. The van der Waals surface area contributed by atoms with Gasteiger partial charge < -0.3 is 9.64 Å². The van der Waals surface area contributed by atoms with Crippen LogP contribution in [0.25, 0.3) is 0 Å². The smallest absolute Gasteiger partial charge is 0.225 e. The largest absolute Gasteiger partial charge is 0.491 e. The maximum absolute atomic E-state index is 14.9. The van der Waals surface area contributed by atoms with Crippen molar-refractivity contribution in [3.8, 4) is 5.75 Å². The third kappa shape index (κ3) is 11.0. The standard InChI is InChI=1S/C34H48FN2O2S/c1-4-5-6-7-8-9-10-11-12-13-14-17-22-39-34-21-20-30(23-32(34)35)25-37(29(3)38)33-19-16-15-18-31(33)26-36-24-28(2)40-27-36/h15-16,18-21,23-24,27H,4-14,17,22,25-26H2,1-3H3/q+1. The summed E-state index contributed by atoms with van der Waals surface area (Å²) in [5.41, 5.74) is 4.71. The van der Waals surface area contributed by atoms with E-state index in [9.17, 15) is 9.18 Å². The summed E-state index contributed by atoms with van der Waals surface area (Å²) < 4.78 is 22.8. The average molecular weight is 568 g/mol. The van der Waals surface area contributed by atoms with E-state index in [2.05, 4.69) is 30.1 Å². The summed E-state index contributed by atoms with van der Waals surface area (Å²) in [7, 11) is 0. The maximum atomic E-state index is 14.9. The van der Waals surface area contributed by atoms with Crippen LogP contribution in [0.1, 0.15) is 107 Å². The molecule has 2 aromatic carbocycles. The fourth-order valence-corrected chi connectivity index (χ4v) is 5.70. The van der Waals surface area contributed by atoms with E-state index < -0.39 is 0 Å². The number of hydrogen-bond donors (Lipinski definition) is 0. The van der Waals surface area contributed by atoms with Gasteiger partial charge in [-0.2, -0.15) is 4.57 Å². The highest BCUT2D eigenvalue weighted by Gasteiger charge is 2.19. The number of anilines is 1. The van der Waals surface area contributed by atoms with Gasteiger partial charge in [0.15, 0.2) is 24.3 Å². The van der Waals surface area contributed by atoms with Crippen LogP contribution in [0.3, 0.4) is 0 Å². The summed E-state index contributed by atoms with van der Waals surface area (Å²) in [6.45, 7) is 7.40. The molecule has 0 bridgehead atoms. The number of carbonyl (C=O) groups is 1. The van der Waals surface area contributed by atoms with Crippen LogP contribution >= 0.6 is 11.3 Å². The number of thiazole rings is 1. The third-order valence-corrected chi connectivity index (χ3v) is 8.18. The number of aromatic nitrogens is 1. The molecule has 0 fully saturated rings. The zero-order valence-corrected chi connectivity index (χ0v) is 25.6. The minimum atomic E-state index is -0.377. The van der Waals surface area contributed by atoms with Gasteiger partial charge in [0.05, 0.1) is 23.7 Å². The van der Waals surface area contributed by atoms with Gasteiger partial charge in [-0.25, -0.2) is 4.39 Å². The summed E-state index contributed by atoms with van der Waals surface area (Å²) in [4.78, 5) is 15.6. The van der Waals surface area contributed by atoms with E-state index >= 15 is 0 Å². The van der Waals surface area contributed by atoms with Crippen molar-refractivity contribution >= 4 is 22.9 Å². The van der Waals surface area contributed by atoms with Crippen LogP contribution in [0, 0.1) is 12.7 Å². The lowest BCUT2D eigenvalue weighted by Gasteiger charge is -2.23. The van der Waals surface area contributed by atoms with E-state index in [4.69, 9.17) is 4.74 Å². The Morgan fingerprint density at radius 2 is 1.57 bits per heavy atom. The lowest BCUT2D eigenvalue weighted by molar-refractivity contribution is -0.683. The molecule has 1 heterocycles. The van der Waals surface area contributed by atoms with Crippen LogP contribution in [0.4, 0.5) is 10.1 Å². The van der Waals surface area contributed by atoms with Gasteiger partial charge in [0.2, 0.25) is 11.4 Å². The first-order valence-electron chi connectivity index (χ1n) is 15.2. The first-order valence-corrected chi connectivity index (χ1v) is 16.1. The number of para-hydroxylation sites is 1.